The minimum absolute atomic E-state index is 0.000916. The summed E-state index contributed by atoms with van der Waals surface area (Å²) in [5.74, 6) is -1.55. The summed E-state index contributed by atoms with van der Waals surface area (Å²) >= 11 is 0. The van der Waals surface area contributed by atoms with E-state index >= 15 is 0 Å². The lowest BCUT2D eigenvalue weighted by molar-refractivity contribution is -0.136. The molecule has 6 heteroatoms. The molecule has 1 amide bonds. The molecule has 0 radical (unpaired) electrons. The van der Waals surface area contributed by atoms with Crippen molar-refractivity contribution in [1.82, 2.24) is 10.3 Å². The minimum Gasteiger partial charge on any atom is -0.481 e. The molecule has 0 saturated heterocycles. The highest BCUT2D eigenvalue weighted by Gasteiger charge is 2.13. The van der Waals surface area contributed by atoms with Crippen molar-refractivity contribution in [3.8, 4) is 0 Å². The molecular formula is C11H14N2O4. The van der Waals surface area contributed by atoms with E-state index in [2.05, 4.69) is 10.3 Å². The molecule has 1 heterocycles. The molecule has 6 nitrogen and oxygen atoms in total. The summed E-state index contributed by atoms with van der Waals surface area (Å²) in [5.41, 5.74) is 0.810. The predicted octanol–water partition coefficient (Wildman–Crippen LogP) is 0.196. The summed E-state index contributed by atoms with van der Waals surface area (Å²) in [5, 5.41) is 10.8. The molecule has 1 rings (SSSR count). The second-order valence-electron chi connectivity index (χ2n) is 3.74. The second-order valence-corrected chi connectivity index (χ2v) is 3.74. The third-order valence-corrected chi connectivity index (χ3v) is 2.22. The van der Waals surface area contributed by atoms with Crippen LogP contribution >= 0.6 is 0 Å². The molecular weight excluding hydrogens is 224 g/mol. The molecule has 1 aromatic heterocycles. The number of aryl methyl sites for hydroxylation is 2. The van der Waals surface area contributed by atoms with E-state index in [0.717, 1.165) is 0 Å². The highest BCUT2D eigenvalue weighted by molar-refractivity contribution is 5.95. The van der Waals surface area contributed by atoms with Crippen LogP contribution in [0.4, 0.5) is 0 Å². The van der Waals surface area contributed by atoms with Crippen molar-refractivity contribution in [2.24, 2.45) is 0 Å². The van der Waals surface area contributed by atoms with Gasteiger partial charge in [-0.3, -0.25) is 14.4 Å². The number of pyridine rings is 1. The number of rotatable bonds is 4. The molecule has 1 aromatic rings. The molecule has 0 saturated carbocycles. The Labute approximate surface area is 97.7 Å². The van der Waals surface area contributed by atoms with E-state index in [-0.39, 0.29) is 18.5 Å². The third kappa shape index (κ3) is 3.44. The smallest absolute Gasteiger partial charge is 0.305 e. The average Bonchev–Trinajstić information content (AvgIpc) is 2.14. The lowest BCUT2D eigenvalue weighted by atomic mass is 10.1. The van der Waals surface area contributed by atoms with Gasteiger partial charge in [-0.2, -0.15) is 0 Å². The van der Waals surface area contributed by atoms with Gasteiger partial charge in [-0.1, -0.05) is 0 Å². The van der Waals surface area contributed by atoms with E-state index in [1.807, 2.05) is 0 Å². The Morgan fingerprint density at radius 1 is 1.41 bits per heavy atom. The number of amides is 1. The molecule has 0 aliphatic carbocycles. The van der Waals surface area contributed by atoms with Crippen LogP contribution in [0.1, 0.15) is 28.0 Å². The molecule has 0 bridgehead atoms. The normalized spacial score (nSPS) is 10.0. The van der Waals surface area contributed by atoms with E-state index in [4.69, 9.17) is 5.11 Å². The van der Waals surface area contributed by atoms with Gasteiger partial charge >= 0.3 is 5.97 Å². The lowest BCUT2D eigenvalue weighted by Crippen LogP contribution is -2.32. The SMILES string of the molecule is Cc1cc(C)c(C(=O)NCCC(=O)O)c(=O)[nH]1. The molecule has 17 heavy (non-hydrogen) atoms. The number of carbonyl (C=O) groups is 2. The van der Waals surface area contributed by atoms with Crippen LogP contribution in [0.2, 0.25) is 0 Å². The summed E-state index contributed by atoms with van der Waals surface area (Å²) in [7, 11) is 0. The van der Waals surface area contributed by atoms with Crippen molar-refractivity contribution in [2.45, 2.75) is 20.3 Å². The van der Waals surface area contributed by atoms with Gasteiger partial charge in [0.25, 0.3) is 11.5 Å². The first-order chi connectivity index (χ1) is 7.91. The number of nitrogens with one attached hydrogen (secondary N) is 2. The molecule has 0 spiro atoms. The van der Waals surface area contributed by atoms with Gasteiger partial charge in [0.15, 0.2) is 0 Å². The van der Waals surface area contributed by atoms with Crippen molar-refractivity contribution in [3.63, 3.8) is 0 Å². The maximum absolute atomic E-state index is 11.7. The summed E-state index contributed by atoms with van der Waals surface area (Å²) in [6, 6.07) is 1.69. The fraction of sp³-hybridized carbons (Fsp3) is 0.364. The van der Waals surface area contributed by atoms with Crippen molar-refractivity contribution in [1.29, 1.82) is 0 Å². The van der Waals surface area contributed by atoms with Crippen molar-refractivity contribution < 1.29 is 14.7 Å². The Morgan fingerprint density at radius 2 is 2.06 bits per heavy atom. The van der Waals surface area contributed by atoms with Crippen LogP contribution in [0, 0.1) is 13.8 Å². The van der Waals surface area contributed by atoms with Gasteiger partial charge < -0.3 is 15.4 Å². The molecule has 0 atom stereocenters. The van der Waals surface area contributed by atoms with Crippen LogP contribution in [0.15, 0.2) is 10.9 Å². The number of carbonyl (C=O) groups excluding carboxylic acids is 1. The maximum atomic E-state index is 11.7. The van der Waals surface area contributed by atoms with Crippen LogP contribution in [0.5, 0.6) is 0 Å². The lowest BCUT2D eigenvalue weighted by Gasteiger charge is -2.06. The monoisotopic (exact) mass is 238 g/mol. The zero-order valence-electron chi connectivity index (χ0n) is 9.66. The molecule has 0 unspecified atom stereocenters. The second kappa shape index (κ2) is 5.29. The molecule has 0 fully saturated rings. The van der Waals surface area contributed by atoms with Crippen LogP contribution < -0.4 is 10.9 Å². The van der Waals surface area contributed by atoms with Crippen LogP contribution in [-0.4, -0.2) is 28.5 Å². The zero-order chi connectivity index (χ0) is 13.0. The Hall–Kier alpha value is -2.11. The fourth-order valence-electron chi connectivity index (χ4n) is 1.51. The van der Waals surface area contributed by atoms with Crippen LogP contribution in [0.25, 0.3) is 0 Å². The van der Waals surface area contributed by atoms with Gasteiger partial charge in [-0.15, -0.1) is 0 Å². The number of hydrogen-bond acceptors (Lipinski definition) is 3. The summed E-state index contributed by atoms with van der Waals surface area (Å²) in [6.07, 6.45) is -0.172. The zero-order valence-corrected chi connectivity index (χ0v) is 9.66. The fourth-order valence-corrected chi connectivity index (χ4v) is 1.51. The van der Waals surface area contributed by atoms with Gasteiger partial charge in [0, 0.05) is 12.2 Å². The number of H-pyrrole nitrogens is 1. The summed E-state index contributed by atoms with van der Waals surface area (Å²) in [6.45, 7) is 3.38. The number of carboxylic acid groups (broad SMARTS) is 1. The molecule has 3 N–H and O–H groups in total. The Bertz CT molecular complexity index is 505. The van der Waals surface area contributed by atoms with Crippen molar-refractivity contribution in [2.75, 3.05) is 6.54 Å². The largest absolute Gasteiger partial charge is 0.481 e. The maximum Gasteiger partial charge on any atom is 0.305 e. The number of aliphatic carboxylic acids is 1. The van der Waals surface area contributed by atoms with E-state index in [1.54, 1.807) is 19.9 Å². The standard InChI is InChI=1S/C11H14N2O4/c1-6-5-7(2)13-11(17)9(6)10(16)12-4-3-8(14)15/h5H,3-4H2,1-2H3,(H,12,16)(H,13,17)(H,14,15). The number of carboxylic acids is 1. The van der Waals surface area contributed by atoms with E-state index in [9.17, 15) is 14.4 Å². The van der Waals surface area contributed by atoms with Gasteiger partial charge in [0.05, 0.1) is 6.42 Å². The van der Waals surface area contributed by atoms with Crippen molar-refractivity contribution in [3.05, 3.63) is 33.2 Å². The predicted molar refractivity (Wildman–Crippen MR) is 61.1 cm³/mol. The number of hydrogen-bond donors (Lipinski definition) is 3. The molecule has 0 aliphatic rings. The van der Waals surface area contributed by atoms with Gasteiger partial charge in [-0.05, 0) is 25.5 Å². The highest BCUT2D eigenvalue weighted by atomic mass is 16.4. The topological polar surface area (TPSA) is 99.3 Å². The summed E-state index contributed by atoms with van der Waals surface area (Å²) in [4.78, 5) is 36.0. The Kier molecular flexibility index (Phi) is 4.03. The van der Waals surface area contributed by atoms with E-state index < -0.39 is 17.4 Å². The number of aromatic nitrogens is 1. The molecule has 92 valence electrons. The first-order valence-electron chi connectivity index (χ1n) is 5.12. The minimum atomic E-state index is -1.00. The molecule has 0 aliphatic heterocycles. The van der Waals surface area contributed by atoms with Crippen LogP contribution in [-0.2, 0) is 4.79 Å². The van der Waals surface area contributed by atoms with E-state index in [0.29, 0.717) is 11.3 Å². The van der Waals surface area contributed by atoms with Crippen molar-refractivity contribution >= 4 is 11.9 Å². The highest BCUT2D eigenvalue weighted by Crippen LogP contribution is 2.03. The van der Waals surface area contributed by atoms with E-state index in [1.165, 1.54) is 0 Å². The van der Waals surface area contributed by atoms with Gasteiger partial charge in [0.2, 0.25) is 0 Å². The number of aromatic amines is 1. The van der Waals surface area contributed by atoms with Crippen LogP contribution in [0.3, 0.4) is 0 Å². The molecule has 0 aromatic carbocycles. The summed E-state index contributed by atoms with van der Waals surface area (Å²) < 4.78 is 0. The Morgan fingerprint density at radius 3 is 2.59 bits per heavy atom. The quantitative estimate of drug-likeness (QED) is 0.697. The Balaban J connectivity index is 2.83. The first-order valence-corrected chi connectivity index (χ1v) is 5.12. The average molecular weight is 238 g/mol. The third-order valence-electron chi connectivity index (χ3n) is 2.22. The van der Waals surface area contributed by atoms with Gasteiger partial charge in [-0.25, -0.2) is 0 Å². The first kappa shape index (κ1) is 13.0. The van der Waals surface area contributed by atoms with Gasteiger partial charge in [0.1, 0.15) is 5.56 Å².